The van der Waals surface area contributed by atoms with Gasteiger partial charge in [-0.05, 0) is 30.3 Å². The minimum Gasteiger partial charge on any atom is -0.414 e. The summed E-state index contributed by atoms with van der Waals surface area (Å²) in [6, 6.07) is 7.97. The van der Waals surface area contributed by atoms with E-state index in [1.807, 2.05) is 28.8 Å². The molecule has 0 spiro atoms. The largest absolute Gasteiger partial charge is 0.414 e. The summed E-state index contributed by atoms with van der Waals surface area (Å²) in [7, 11) is -1.84. The van der Waals surface area contributed by atoms with Gasteiger partial charge in [-0.3, -0.25) is 0 Å². The fraction of sp³-hybridized carbons (Fsp3) is 0.611. The van der Waals surface area contributed by atoms with E-state index in [1.165, 1.54) is 0 Å². The Morgan fingerprint density at radius 1 is 1.33 bits per heavy atom. The molecule has 6 heteroatoms. The predicted octanol–water partition coefficient (Wildman–Crippen LogP) is 3.71. The predicted molar refractivity (Wildman–Crippen MR) is 97.4 cm³/mol. The Morgan fingerprint density at radius 2 is 2.04 bits per heavy atom. The quantitative estimate of drug-likeness (QED) is 0.856. The van der Waals surface area contributed by atoms with Crippen LogP contribution < -0.4 is 0 Å². The lowest BCUT2D eigenvalue weighted by molar-refractivity contribution is -0.0403. The van der Waals surface area contributed by atoms with Crippen LogP contribution in [0.2, 0.25) is 18.1 Å². The van der Waals surface area contributed by atoms with E-state index in [0.29, 0.717) is 13.0 Å². The zero-order valence-corrected chi connectivity index (χ0v) is 16.2. The lowest BCUT2D eigenvalue weighted by Gasteiger charge is -2.37. The first kappa shape index (κ1) is 17.6. The van der Waals surface area contributed by atoms with Crippen LogP contribution in [0.5, 0.6) is 0 Å². The second-order valence-electron chi connectivity index (χ2n) is 8.14. The van der Waals surface area contributed by atoms with E-state index < -0.39 is 14.4 Å². The van der Waals surface area contributed by atoms with Crippen molar-refractivity contribution in [1.29, 1.82) is 0 Å². The first-order chi connectivity index (χ1) is 11.2. The number of aliphatic hydroxyl groups is 1. The Balaban J connectivity index is 1.69. The van der Waals surface area contributed by atoms with E-state index in [-0.39, 0.29) is 17.4 Å². The number of aliphatic hydroxyl groups excluding tert-OH is 1. The van der Waals surface area contributed by atoms with Crippen molar-refractivity contribution in [1.82, 2.24) is 9.55 Å². The molecule has 1 aromatic heterocycles. The molecule has 1 saturated heterocycles. The molecule has 2 aromatic rings. The third kappa shape index (κ3) is 3.28. The maximum Gasteiger partial charge on any atom is 0.192 e. The van der Waals surface area contributed by atoms with Gasteiger partial charge in [0.1, 0.15) is 12.3 Å². The molecule has 3 atom stereocenters. The van der Waals surface area contributed by atoms with Crippen LogP contribution in [0.1, 0.15) is 33.4 Å². The van der Waals surface area contributed by atoms with Gasteiger partial charge in [0.25, 0.3) is 0 Å². The van der Waals surface area contributed by atoms with E-state index in [9.17, 15) is 5.11 Å². The summed E-state index contributed by atoms with van der Waals surface area (Å²) < 4.78 is 14.3. The Kier molecular flexibility index (Phi) is 4.59. The number of hydrogen-bond donors (Lipinski definition) is 1. The van der Waals surface area contributed by atoms with Crippen LogP contribution in [0.3, 0.4) is 0 Å². The van der Waals surface area contributed by atoms with Crippen molar-refractivity contribution in [3.63, 3.8) is 0 Å². The Bertz CT molecular complexity index is 708. The van der Waals surface area contributed by atoms with Gasteiger partial charge in [0.15, 0.2) is 8.32 Å². The van der Waals surface area contributed by atoms with E-state index in [4.69, 9.17) is 9.16 Å². The first-order valence-corrected chi connectivity index (χ1v) is 11.5. The minimum atomic E-state index is -1.84. The number of imidazole rings is 1. The average molecular weight is 349 g/mol. The molecule has 0 saturated carbocycles. The topological polar surface area (TPSA) is 56.5 Å². The second kappa shape index (κ2) is 6.26. The van der Waals surface area contributed by atoms with Gasteiger partial charge in [0, 0.05) is 6.42 Å². The fourth-order valence-corrected chi connectivity index (χ4v) is 3.76. The molecule has 0 bridgehead atoms. The van der Waals surface area contributed by atoms with Crippen molar-refractivity contribution >= 4 is 19.4 Å². The number of nitrogens with zero attached hydrogens (tertiary/aromatic N) is 2. The van der Waals surface area contributed by atoms with Crippen molar-refractivity contribution in [3.05, 3.63) is 30.6 Å². The van der Waals surface area contributed by atoms with Gasteiger partial charge in [-0.25, -0.2) is 4.98 Å². The summed E-state index contributed by atoms with van der Waals surface area (Å²) in [6.07, 6.45) is 1.36. The molecule has 0 aliphatic carbocycles. The molecular formula is C18H28N2O3Si. The molecule has 132 valence electrons. The molecule has 1 fully saturated rings. The van der Waals surface area contributed by atoms with Crippen LogP contribution in [0.15, 0.2) is 30.6 Å². The molecular weight excluding hydrogens is 320 g/mol. The summed E-state index contributed by atoms with van der Waals surface area (Å²) >= 11 is 0. The SMILES string of the molecule is CC(C)(C)[Si](C)(C)OC[C@H]1O[C@@H](n2cnc3ccccc32)C[C@@H]1O. The Hall–Kier alpha value is -1.21. The molecule has 1 N–H and O–H groups in total. The standard InChI is InChI=1S/C18H28N2O3Si/c1-18(2,3)24(4,5)22-11-16-15(21)10-17(23-16)20-12-19-13-8-6-7-9-14(13)20/h6-9,12,15-17,21H,10-11H2,1-5H3/t15-,16+,17+/m0/s1. The summed E-state index contributed by atoms with van der Waals surface area (Å²) in [4.78, 5) is 4.41. The van der Waals surface area contributed by atoms with Gasteiger partial charge < -0.3 is 18.8 Å². The molecule has 2 heterocycles. The van der Waals surface area contributed by atoms with Crippen molar-refractivity contribution < 1.29 is 14.3 Å². The van der Waals surface area contributed by atoms with Gasteiger partial charge in [0.2, 0.25) is 0 Å². The molecule has 24 heavy (non-hydrogen) atoms. The van der Waals surface area contributed by atoms with Gasteiger partial charge in [-0.15, -0.1) is 0 Å². The van der Waals surface area contributed by atoms with Gasteiger partial charge in [-0.2, -0.15) is 0 Å². The highest BCUT2D eigenvalue weighted by molar-refractivity contribution is 6.74. The number of fused-ring (bicyclic) bond motifs is 1. The number of benzene rings is 1. The Morgan fingerprint density at radius 3 is 2.75 bits per heavy atom. The zero-order valence-electron chi connectivity index (χ0n) is 15.2. The number of aromatic nitrogens is 2. The molecule has 0 amide bonds. The minimum absolute atomic E-state index is 0.149. The summed E-state index contributed by atoms with van der Waals surface area (Å²) in [5, 5.41) is 10.6. The van der Waals surface area contributed by atoms with Gasteiger partial charge in [0.05, 0.1) is 30.1 Å². The van der Waals surface area contributed by atoms with Crippen LogP contribution in [-0.4, -0.2) is 41.8 Å². The first-order valence-electron chi connectivity index (χ1n) is 8.58. The molecule has 0 radical (unpaired) electrons. The van der Waals surface area contributed by atoms with Crippen molar-refractivity contribution in [2.45, 2.75) is 63.8 Å². The molecule has 1 aliphatic rings. The molecule has 0 unspecified atom stereocenters. The molecule has 1 aromatic carbocycles. The number of ether oxygens (including phenoxy) is 1. The van der Waals surface area contributed by atoms with Crippen molar-refractivity contribution in [2.75, 3.05) is 6.61 Å². The second-order valence-corrected chi connectivity index (χ2v) is 13.0. The third-order valence-corrected chi connectivity index (χ3v) is 9.91. The summed E-state index contributed by atoms with van der Waals surface area (Å²) in [6.45, 7) is 11.5. The Labute approximate surface area is 144 Å². The van der Waals surface area contributed by atoms with Crippen LogP contribution in [0, 0.1) is 0 Å². The highest BCUT2D eigenvalue weighted by Gasteiger charge is 2.41. The number of hydrogen-bond acceptors (Lipinski definition) is 4. The van der Waals surface area contributed by atoms with E-state index in [2.05, 4.69) is 38.8 Å². The van der Waals surface area contributed by atoms with E-state index in [1.54, 1.807) is 6.33 Å². The van der Waals surface area contributed by atoms with E-state index >= 15 is 0 Å². The smallest absolute Gasteiger partial charge is 0.192 e. The van der Waals surface area contributed by atoms with E-state index in [0.717, 1.165) is 11.0 Å². The number of rotatable bonds is 4. The maximum atomic E-state index is 10.4. The van der Waals surface area contributed by atoms with Crippen LogP contribution >= 0.6 is 0 Å². The molecule has 3 rings (SSSR count). The highest BCUT2D eigenvalue weighted by atomic mass is 28.4. The lowest BCUT2D eigenvalue weighted by atomic mass is 10.2. The van der Waals surface area contributed by atoms with Crippen LogP contribution in [0.25, 0.3) is 11.0 Å². The molecule has 1 aliphatic heterocycles. The van der Waals surface area contributed by atoms with Crippen LogP contribution in [0.4, 0.5) is 0 Å². The van der Waals surface area contributed by atoms with Gasteiger partial charge in [-0.1, -0.05) is 32.9 Å². The van der Waals surface area contributed by atoms with Gasteiger partial charge >= 0.3 is 0 Å². The van der Waals surface area contributed by atoms with Crippen molar-refractivity contribution in [3.8, 4) is 0 Å². The summed E-state index contributed by atoms with van der Waals surface area (Å²) in [5.41, 5.74) is 1.97. The highest BCUT2D eigenvalue weighted by Crippen LogP contribution is 2.38. The summed E-state index contributed by atoms with van der Waals surface area (Å²) in [5.74, 6) is 0. The number of para-hydroxylation sites is 2. The van der Waals surface area contributed by atoms with Crippen LogP contribution in [-0.2, 0) is 9.16 Å². The maximum absolute atomic E-state index is 10.4. The normalized spacial score (nSPS) is 25.5. The zero-order chi connectivity index (χ0) is 17.5. The van der Waals surface area contributed by atoms with Crippen molar-refractivity contribution in [2.24, 2.45) is 0 Å². The lowest BCUT2D eigenvalue weighted by Crippen LogP contribution is -2.43. The third-order valence-electron chi connectivity index (χ3n) is 5.41. The fourth-order valence-electron chi connectivity index (χ4n) is 2.75. The average Bonchev–Trinajstić information content (AvgIpc) is 3.07. The molecule has 5 nitrogen and oxygen atoms in total. The monoisotopic (exact) mass is 348 g/mol.